The average molecular weight is 1360 g/mol. The van der Waals surface area contributed by atoms with Crippen molar-refractivity contribution in [3.63, 3.8) is 0 Å². The molecule has 0 saturated carbocycles. The van der Waals surface area contributed by atoms with Gasteiger partial charge in [0.05, 0.1) is 44.4 Å². The van der Waals surface area contributed by atoms with Crippen LogP contribution in [-0.2, 0) is 62.2 Å². The van der Waals surface area contributed by atoms with E-state index >= 15 is 0 Å². The predicted octanol–water partition coefficient (Wildman–Crippen LogP) is 5.08. The van der Waals surface area contributed by atoms with Gasteiger partial charge in [-0.3, -0.25) is 38.4 Å². The van der Waals surface area contributed by atoms with E-state index in [0.29, 0.717) is 147 Å². The predicted molar refractivity (Wildman–Crippen MR) is 330 cm³/mol. The smallest absolute Gasteiger partial charge is 0.475 e. The highest BCUT2D eigenvalue weighted by molar-refractivity contribution is 5.98. The maximum Gasteiger partial charge on any atom is 0.490 e. The molecule has 2 aromatic rings. The fraction of sp³-hybridized carbons (Fsp3) is 0.662. The Kier molecular flexibility index (Phi) is 34.2. The first-order chi connectivity index (χ1) is 45.2. The number of nitrogens with zero attached hydrogens (tertiary/aromatic N) is 2. The molecule has 2 aromatic carbocycles. The fourth-order valence-electron chi connectivity index (χ4n) is 12.2. The van der Waals surface area contributed by atoms with E-state index in [-0.39, 0.29) is 79.3 Å². The highest BCUT2D eigenvalue weighted by atomic mass is 19.4. The topological polar surface area (TPSA) is 346 Å². The van der Waals surface area contributed by atoms with Crippen LogP contribution in [0.3, 0.4) is 0 Å². The van der Waals surface area contributed by atoms with Crippen molar-refractivity contribution in [3.05, 3.63) is 71.8 Å². The minimum atomic E-state index is -5.08. The number of hydrogen-bond donors (Lipinski definition) is 9. The summed E-state index contributed by atoms with van der Waals surface area (Å²) in [7, 11) is 1.67. The summed E-state index contributed by atoms with van der Waals surface area (Å²) in [6.45, 7) is 7.65. The third kappa shape index (κ3) is 24.8. The first kappa shape index (κ1) is 80.3. The molecular formula is C65H93F6N7O17. The minimum absolute atomic E-state index is 0.0946. The van der Waals surface area contributed by atoms with Crippen LogP contribution in [0.5, 0.6) is 0 Å². The number of amides is 6. The highest BCUT2D eigenvalue weighted by Crippen LogP contribution is 2.37. The van der Waals surface area contributed by atoms with Gasteiger partial charge in [-0.2, -0.15) is 26.3 Å². The minimum Gasteiger partial charge on any atom is -0.475 e. The monoisotopic (exact) mass is 1360 g/mol. The molecule has 0 radical (unpaired) electrons. The number of carbonyl (C=O) groups is 10. The number of benzene rings is 2. The summed E-state index contributed by atoms with van der Waals surface area (Å²) in [6, 6.07) is 12.9. The van der Waals surface area contributed by atoms with E-state index in [9.17, 15) is 74.9 Å². The molecule has 4 heterocycles. The van der Waals surface area contributed by atoms with Gasteiger partial charge in [0.15, 0.2) is 11.6 Å². The van der Waals surface area contributed by atoms with Crippen molar-refractivity contribution in [2.75, 3.05) is 66.4 Å². The lowest BCUT2D eigenvalue weighted by molar-refractivity contribution is -0.193. The van der Waals surface area contributed by atoms with Crippen LogP contribution in [0.15, 0.2) is 60.7 Å². The number of carboxylic acid groups (broad SMARTS) is 2. The Morgan fingerprint density at radius 3 is 1.47 bits per heavy atom. The van der Waals surface area contributed by atoms with Crippen molar-refractivity contribution in [2.24, 2.45) is 17.8 Å². The lowest BCUT2D eigenvalue weighted by Gasteiger charge is -2.33. The Balaban J connectivity index is 0.00000123. The Labute approximate surface area is 548 Å². The number of aliphatic hydroxyl groups is 2. The number of hydrogen-bond acceptors (Lipinski definition) is 16. The Morgan fingerprint density at radius 1 is 0.568 bits per heavy atom. The molecule has 24 nitrogen and oxygen atoms in total. The lowest BCUT2D eigenvalue weighted by atomic mass is 9.89. The normalized spacial score (nSPS) is 22.0. The summed E-state index contributed by atoms with van der Waals surface area (Å²) in [5.74, 6) is -9.87. The summed E-state index contributed by atoms with van der Waals surface area (Å²) < 4.78 is 80.7. The largest absolute Gasteiger partial charge is 0.490 e. The van der Waals surface area contributed by atoms with E-state index < -0.39 is 90.1 Å². The maximum absolute atomic E-state index is 14.2. The van der Waals surface area contributed by atoms with E-state index in [1.807, 2.05) is 69.3 Å². The van der Waals surface area contributed by atoms with Gasteiger partial charge in [0, 0.05) is 75.7 Å². The quantitative estimate of drug-likeness (QED) is 0.0326. The summed E-state index contributed by atoms with van der Waals surface area (Å²) in [5.41, 5.74) is 1.33. The van der Waals surface area contributed by atoms with E-state index in [1.165, 1.54) is 0 Å². The molecule has 0 bridgehead atoms. The van der Waals surface area contributed by atoms with Crippen LogP contribution in [-0.4, -0.2) is 210 Å². The molecule has 11 atom stereocenters. The number of unbranched alkanes of at least 4 members (excludes halogenated alkanes) is 1. The van der Waals surface area contributed by atoms with Crippen LogP contribution >= 0.6 is 0 Å². The van der Waals surface area contributed by atoms with Gasteiger partial charge in [-0.25, -0.2) is 9.59 Å². The molecule has 0 unspecified atom stereocenters. The molecule has 4 aliphatic heterocycles. The second-order valence-corrected chi connectivity index (χ2v) is 23.8. The molecule has 0 aliphatic carbocycles. The SMILES string of the molecule is CCC(CC)C(=O)N[C@@H]1C(=O)N2[C@@H](CC[C@@H]1CO)CC[C@H]2C(=O)C[C@H](C(=O)NCCCOCCOCCOCCCCC(=O)[C@@H](NC(=O)[C@@H]1CC[C@@H]2CC[C@H](CO)[C@H](NC(=O)[C@H](CC)NC)C(=O)N21)c1ccccc1)c1ccccc1.O=C(O)C(F)(F)F.O=C(O)C(F)(F)F. The lowest BCUT2D eigenvalue weighted by Crippen LogP contribution is -2.58. The van der Waals surface area contributed by atoms with Crippen LogP contribution < -0.4 is 26.6 Å². The van der Waals surface area contributed by atoms with Gasteiger partial charge in [-0.15, -0.1) is 0 Å². The summed E-state index contributed by atoms with van der Waals surface area (Å²) in [4.78, 5) is 131. The van der Waals surface area contributed by atoms with Gasteiger partial charge in [-0.05, 0) is 108 Å². The number of carboxylic acids is 2. The van der Waals surface area contributed by atoms with E-state index in [2.05, 4.69) is 26.6 Å². The molecule has 6 amide bonds. The zero-order valence-corrected chi connectivity index (χ0v) is 54.1. The van der Waals surface area contributed by atoms with Crippen LogP contribution in [0.25, 0.3) is 0 Å². The van der Waals surface area contributed by atoms with Crippen LogP contribution in [0.1, 0.15) is 147 Å². The summed E-state index contributed by atoms with van der Waals surface area (Å²) in [6.07, 6.45) is -2.25. The molecule has 0 aromatic heterocycles. The number of Topliss-reactive ketones (excluding diaryl/α,β-unsaturated/α-hetero) is 2. The molecular weight excluding hydrogens is 1260 g/mol. The Bertz CT molecular complexity index is 2600. The molecule has 0 spiro atoms. The van der Waals surface area contributed by atoms with E-state index in [0.717, 1.165) is 0 Å². The van der Waals surface area contributed by atoms with Crippen LogP contribution in [0.4, 0.5) is 26.3 Å². The summed E-state index contributed by atoms with van der Waals surface area (Å²) >= 11 is 0. The van der Waals surface area contributed by atoms with Crippen LogP contribution in [0.2, 0.25) is 0 Å². The molecule has 4 saturated heterocycles. The number of halogens is 6. The molecule has 30 heteroatoms. The first-order valence-corrected chi connectivity index (χ1v) is 32.4. The van der Waals surface area contributed by atoms with Crippen molar-refractivity contribution in [3.8, 4) is 0 Å². The van der Waals surface area contributed by atoms with Gasteiger partial charge in [0.1, 0.15) is 24.2 Å². The van der Waals surface area contributed by atoms with Crippen molar-refractivity contribution in [1.29, 1.82) is 0 Å². The molecule has 9 N–H and O–H groups in total. The molecule has 532 valence electrons. The van der Waals surface area contributed by atoms with Crippen molar-refractivity contribution < 1.29 is 109 Å². The molecule has 4 fully saturated rings. The van der Waals surface area contributed by atoms with Gasteiger partial charge < -0.3 is 71.0 Å². The standard InChI is InChI=1S/C61H91N7O13.2C2HF3O2/c1-5-40(6-2)56(73)65-54-43(38-69)22-24-45-26-28-49(67(45)60(54)77)52(72)37-47(41-17-10-8-11-18-41)57(74)63-30-16-32-80-34-36-81-35-33-79-31-15-14-21-51(71)53(42-19-12-9-13-20-42)64-59(76)50-29-27-46-25-23-44(39-70)55(61(78)68(46)50)66-58(75)48(7-3)62-4;2*3-2(4,5)1(6)7/h8-13,17-20,40,43-50,53-55,62,69-70H,5-7,14-16,21-39H2,1-4H3,(H,63,74)(H,64,76)(H,65,73)(H,66,75);2*(H,6,7)/t43-,44-,45+,46+,47+,48+,49+,50+,53+,54+,55+;;/m1../s1. The molecule has 95 heavy (non-hydrogen) atoms. The third-order valence-corrected chi connectivity index (χ3v) is 17.5. The van der Waals surface area contributed by atoms with Gasteiger partial charge in [0.25, 0.3) is 0 Å². The van der Waals surface area contributed by atoms with Gasteiger partial charge in [0.2, 0.25) is 35.4 Å². The van der Waals surface area contributed by atoms with Crippen molar-refractivity contribution in [2.45, 2.75) is 190 Å². The average Bonchev–Trinajstić information content (AvgIpc) is 1.66. The Morgan fingerprint density at radius 2 is 1.01 bits per heavy atom. The zero-order chi connectivity index (χ0) is 70.4. The number of carbonyl (C=O) groups excluding carboxylic acids is 8. The van der Waals surface area contributed by atoms with Gasteiger partial charge in [-0.1, -0.05) is 81.4 Å². The number of aliphatic hydroxyl groups excluding tert-OH is 2. The van der Waals surface area contributed by atoms with E-state index in [4.69, 9.17) is 34.0 Å². The van der Waals surface area contributed by atoms with Crippen molar-refractivity contribution >= 4 is 58.9 Å². The zero-order valence-electron chi connectivity index (χ0n) is 54.1. The number of ketones is 2. The maximum atomic E-state index is 14.2. The van der Waals surface area contributed by atoms with E-state index in [1.54, 1.807) is 29.0 Å². The number of likely N-dealkylation sites (N-methyl/N-ethyl adjacent to an activating group) is 1. The fourth-order valence-corrected chi connectivity index (χ4v) is 12.2. The second-order valence-electron chi connectivity index (χ2n) is 23.8. The summed E-state index contributed by atoms with van der Waals surface area (Å²) in [5, 5.41) is 49.5. The number of nitrogens with one attached hydrogen (secondary N) is 5. The third-order valence-electron chi connectivity index (χ3n) is 17.5. The molecule has 6 rings (SSSR count). The molecule has 4 aliphatic rings. The number of fused-ring (bicyclic) bond motifs is 2. The number of rotatable bonds is 34. The Hall–Kier alpha value is -7.12. The number of alkyl halides is 6. The highest BCUT2D eigenvalue weighted by Gasteiger charge is 2.50. The van der Waals surface area contributed by atoms with Gasteiger partial charge >= 0.3 is 24.3 Å². The van der Waals surface area contributed by atoms with Crippen molar-refractivity contribution in [1.82, 2.24) is 36.4 Å². The second kappa shape index (κ2) is 40.4. The first-order valence-electron chi connectivity index (χ1n) is 32.4. The number of aliphatic carboxylic acids is 2. The number of ether oxygens (including phenoxy) is 3. The van der Waals surface area contributed by atoms with Crippen LogP contribution in [0, 0.1) is 17.8 Å².